The van der Waals surface area contributed by atoms with E-state index >= 15 is 0 Å². The van der Waals surface area contributed by atoms with Crippen molar-refractivity contribution in [2.24, 2.45) is 4.99 Å². The zero-order valence-electron chi connectivity index (χ0n) is 14.5. The third-order valence-corrected chi connectivity index (χ3v) is 4.51. The van der Waals surface area contributed by atoms with Gasteiger partial charge in [0.2, 0.25) is 0 Å². The van der Waals surface area contributed by atoms with Gasteiger partial charge in [-0.25, -0.2) is 14.4 Å². The molecule has 0 aliphatic heterocycles. The molecule has 0 saturated heterocycles. The molecule has 1 unspecified atom stereocenters. The number of rotatable bonds is 6. The number of aryl methyl sites for hydroxylation is 2. The standard InChI is InChI=1S/C17H23FN4OS.HI/c1-4-19-17(21-10-16-11(2)22-12(3)24-16)20-9-15(23)13-7-5-6-8-14(13)18;/h5-8,15,23H,4,9-10H2,1-3H3,(H2,19,20,21);1H. The summed E-state index contributed by atoms with van der Waals surface area (Å²) in [4.78, 5) is 10.0. The lowest BCUT2D eigenvalue weighted by molar-refractivity contribution is 0.176. The maximum absolute atomic E-state index is 13.7. The number of benzene rings is 1. The smallest absolute Gasteiger partial charge is 0.191 e. The van der Waals surface area contributed by atoms with Gasteiger partial charge in [-0.15, -0.1) is 35.3 Å². The number of aliphatic imine (C=N–C) groups is 1. The highest BCUT2D eigenvalue weighted by atomic mass is 127. The Morgan fingerprint density at radius 2 is 2.04 bits per heavy atom. The summed E-state index contributed by atoms with van der Waals surface area (Å²) >= 11 is 1.62. The summed E-state index contributed by atoms with van der Waals surface area (Å²) in [6.07, 6.45) is -0.942. The first kappa shape index (κ1) is 21.8. The van der Waals surface area contributed by atoms with Gasteiger partial charge in [-0.2, -0.15) is 0 Å². The average molecular weight is 478 g/mol. The second-order valence-electron chi connectivity index (χ2n) is 5.35. The Morgan fingerprint density at radius 3 is 2.64 bits per heavy atom. The highest BCUT2D eigenvalue weighted by molar-refractivity contribution is 14.0. The zero-order chi connectivity index (χ0) is 17.5. The van der Waals surface area contributed by atoms with E-state index in [0.717, 1.165) is 15.6 Å². The van der Waals surface area contributed by atoms with E-state index in [0.29, 0.717) is 19.0 Å². The minimum absolute atomic E-state index is 0. The van der Waals surface area contributed by atoms with Gasteiger partial charge in [0.1, 0.15) is 5.82 Å². The van der Waals surface area contributed by atoms with Gasteiger partial charge in [-0.05, 0) is 26.8 Å². The van der Waals surface area contributed by atoms with E-state index in [4.69, 9.17) is 0 Å². The van der Waals surface area contributed by atoms with E-state index in [-0.39, 0.29) is 36.1 Å². The number of halogens is 2. The lowest BCUT2D eigenvalue weighted by Crippen LogP contribution is -2.39. The summed E-state index contributed by atoms with van der Waals surface area (Å²) in [5.74, 6) is 0.169. The zero-order valence-corrected chi connectivity index (χ0v) is 17.7. The van der Waals surface area contributed by atoms with E-state index in [2.05, 4.69) is 20.6 Å². The predicted octanol–water partition coefficient (Wildman–Crippen LogP) is 3.31. The molecule has 0 fully saturated rings. The van der Waals surface area contributed by atoms with Crippen LogP contribution in [-0.4, -0.2) is 29.1 Å². The van der Waals surface area contributed by atoms with Gasteiger partial charge in [0.15, 0.2) is 5.96 Å². The minimum atomic E-state index is -0.942. The number of aromatic nitrogens is 1. The molecule has 5 nitrogen and oxygen atoms in total. The fourth-order valence-electron chi connectivity index (χ4n) is 2.26. The van der Waals surface area contributed by atoms with Crippen LogP contribution in [0.2, 0.25) is 0 Å². The summed E-state index contributed by atoms with van der Waals surface area (Å²) in [7, 11) is 0. The maximum atomic E-state index is 13.7. The molecule has 0 aliphatic rings. The lowest BCUT2D eigenvalue weighted by Gasteiger charge is -2.16. The molecule has 0 radical (unpaired) electrons. The van der Waals surface area contributed by atoms with Crippen LogP contribution in [0, 0.1) is 19.7 Å². The molecular formula is C17H24FIN4OS. The van der Waals surface area contributed by atoms with Crippen LogP contribution >= 0.6 is 35.3 Å². The van der Waals surface area contributed by atoms with Gasteiger partial charge in [0, 0.05) is 23.5 Å². The van der Waals surface area contributed by atoms with Gasteiger partial charge in [0.25, 0.3) is 0 Å². The number of guanidine groups is 1. The molecule has 0 amide bonds. The van der Waals surface area contributed by atoms with Crippen molar-refractivity contribution in [2.75, 3.05) is 13.1 Å². The summed E-state index contributed by atoms with van der Waals surface area (Å²) in [6, 6.07) is 6.22. The van der Waals surface area contributed by atoms with Gasteiger partial charge in [-0.1, -0.05) is 18.2 Å². The van der Waals surface area contributed by atoms with E-state index < -0.39 is 11.9 Å². The fourth-order valence-corrected chi connectivity index (χ4v) is 3.12. The predicted molar refractivity (Wildman–Crippen MR) is 111 cm³/mol. The van der Waals surface area contributed by atoms with Crippen molar-refractivity contribution in [3.63, 3.8) is 0 Å². The number of hydrogen-bond donors (Lipinski definition) is 3. The summed E-state index contributed by atoms with van der Waals surface area (Å²) < 4.78 is 13.7. The monoisotopic (exact) mass is 478 g/mol. The van der Waals surface area contributed by atoms with Crippen molar-refractivity contribution in [3.05, 3.63) is 51.2 Å². The van der Waals surface area contributed by atoms with Crippen LogP contribution in [0.5, 0.6) is 0 Å². The van der Waals surface area contributed by atoms with Gasteiger partial charge >= 0.3 is 0 Å². The third kappa shape index (κ3) is 6.52. The van der Waals surface area contributed by atoms with Crippen LogP contribution in [0.1, 0.15) is 34.2 Å². The topological polar surface area (TPSA) is 69.5 Å². The molecule has 0 spiro atoms. The van der Waals surface area contributed by atoms with E-state index in [9.17, 15) is 9.50 Å². The molecule has 1 atom stereocenters. The molecule has 1 heterocycles. The first-order valence-corrected chi connectivity index (χ1v) is 8.70. The quantitative estimate of drug-likeness (QED) is 0.339. The van der Waals surface area contributed by atoms with Crippen molar-refractivity contribution in [3.8, 4) is 0 Å². The third-order valence-electron chi connectivity index (χ3n) is 3.45. The first-order valence-electron chi connectivity index (χ1n) is 7.88. The average Bonchev–Trinajstić information content (AvgIpc) is 2.88. The highest BCUT2D eigenvalue weighted by Crippen LogP contribution is 2.18. The Bertz CT molecular complexity index is 708. The fraction of sp³-hybridized carbons (Fsp3) is 0.412. The highest BCUT2D eigenvalue weighted by Gasteiger charge is 2.12. The van der Waals surface area contributed by atoms with Crippen LogP contribution in [0.4, 0.5) is 4.39 Å². The van der Waals surface area contributed by atoms with Gasteiger partial charge in [-0.3, -0.25) is 0 Å². The number of thiazole rings is 1. The first-order chi connectivity index (χ1) is 11.5. The lowest BCUT2D eigenvalue weighted by atomic mass is 10.1. The molecule has 25 heavy (non-hydrogen) atoms. The Morgan fingerprint density at radius 1 is 1.32 bits per heavy atom. The van der Waals surface area contributed by atoms with Crippen LogP contribution in [0.3, 0.4) is 0 Å². The molecule has 0 saturated carbocycles. The van der Waals surface area contributed by atoms with Crippen LogP contribution in [-0.2, 0) is 6.54 Å². The summed E-state index contributed by atoms with van der Waals surface area (Å²) in [5.41, 5.74) is 1.26. The molecule has 2 rings (SSSR count). The molecular weight excluding hydrogens is 454 g/mol. The Labute approximate surface area is 168 Å². The minimum Gasteiger partial charge on any atom is -0.386 e. The Kier molecular flexibility index (Phi) is 9.30. The van der Waals surface area contributed by atoms with Crippen molar-refractivity contribution < 1.29 is 9.50 Å². The van der Waals surface area contributed by atoms with Gasteiger partial charge < -0.3 is 15.7 Å². The van der Waals surface area contributed by atoms with E-state index in [1.807, 2.05) is 20.8 Å². The molecule has 138 valence electrons. The van der Waals surface area contributed by atoms with Crippen LogP contribution in [0.15, 0.2) is 29.3 Å². The van der Waals surface area contributed by atoms with Crippen LogP contribution < -0.4 is 10.6 Å². The van der Waals surface area contributed by atoms with E-state index in [1.165, 1.54) is 6.07 Å². The number of aliphatic hydroxyl groups is 1. The van der Waals surface area contributed by atoms with Crippen molar-refractivity contribution in [2.45, 2.75) is 33.4 Å². The molecule has 0 bridgehead atoms. The SMILES string of the molecule is CCNC(=NCc1sc(C)nc1C)NCC(O)c1ccccc1F.I. The summed E-state index contributed by atoms with van der Waals surface area (Å²) in [5, 5.41) is 17.3. The van der Waals surface area contributed by atoms with Crippen molar-refractivity contribution in [1.29, 1.82) is 0 Å². The van der Waals surface area contributed by atoms with Crippen molar-refractivity contribution >= 4 is 41.3 Å². The Balaban J connectivity index is 0.00000312. The van der Waals surface area contributed by atoms with Gasteiger partial charge in [0.05, 0.1) is 23.4 Å². The summed E-state index contributed by atoms with van der Waals surface area (Å²) in [6.45, 7) is 7.29. The largest absolute Gasteiger partial charge is 0.386 e. The molecule has 2 aromatic rings. The molecule has 1 aromatic heterocycles. The number of hydrogen-bond acceptors (Lipinski definition) is 4. The second-order valence-corrected chi connectivity index (χ2v) is 6.64. The normalized spacial score (nSPS) is 12.4. The number of aliphatic hydroxyl groups excluding tert-OH is 1. The van der Waals surface area contributed by atoms with E-state index in [1.54, 1.807) is 29.5 Å². The molecule has 3 N–H and O–H groups in total. The molecule has 1 aromatic carbocycles. The Hall–Kier alpha value is -1.26. The molecule has 8 heteroatoms. The van der Waals surface area contributed by atoms with Crippen molar-refractivity contribution in [1.82, 2.24) is 15.6 Å². The number of nitrogens with zero attached hydrogens (tertiary/aromatic N) is 2. The molecule has 0 aliphatic carbocycles. The number of nitrogens with one attached hydrogen (secondary N) is 2. The maximum Gasteiger partial charge on any atom is 0.191 e. The second kappa shape index (κ2) is 10.7. The van der Waals surface area contributed by atoms with Crippen LogP contribution in [0.25, 0.3) is 0 Å².